The minimum absolute atomic E-state index is 0.156. The lowest BCUT2D eigenvalue weighted by atomic mass is 10.1. The van der Waals surface area contributed by atoms with E-state index in [2.05, 4.69) is 17.1 Å². The number of carbonyl (C=O) groups excluding carboxylic acids is 1. The number of ether oxygens (including phenoxy) is 1. The first-order valence-corrected chi connectivity index (χ1v) is 10.4. The molecular formula is C23H21N3O2S. The first-order valence-electron chi connectivity index (χ1n) is 9.55. The third-order valence-electron chi connectivity index (χ3n) is 4.51. The van der Waals surface area contributed by atoms with E-state index in [1.807, 2.05) is 49.4 Å². The molecule has 4 rings (SSSR count). The highest BCUT2D eigenvalue weighted by Gasteiger charge is 2.24. The van der Waals surface area contributed by atoms with Crippen molar-refractivity contribution in [3.63, 3.8) is 0 Å². The Bertz CT molecular complexity index is 1080. The normalized spacial score (nSPS) is 10.8. The largest absolute Gasteiger partial charge is 0.477 e. The van der Waals surface area contributed by atoms with Gasteiger partial charge in [-0.25, -0.2) is 9.97 Å². The fourth-order valence-electron chi connectivity index (χ4n) is 3.10. The quantitative estimate of drug-likeness (QED) is 0.437. The summed E-state index contributed by atoms with van der Waals surface area (Å²) in [5, 5.41) is 0.679. The number of hydrogen-bond donors (Lipinski definition) is 0. The standard InChI is InChI=1S/C23H21N3O2S/c1-2-28-21-18(11-8-15-24-21)22(27)26(16-14-17-9-4-3-5-10-17)23-25-19-12-6-7-13-20(19)29-23/h3-13,15H,2,14,16H2,1H3. The molecule has 0 N–H and O–H groups in total. The summed E-state index contributed by atoms with van der Waals surface area (Å²) in [6.07, 6.45) is 2.36. The highest BCUT2D eigenvalue weighted by atomic mass is 32.1. The van der Waals surface area contributed by atoms with Gasteiger partial charge in [-0.2, -0.15) is 0 Å². The highest BCUT2D eigenvalue weighted by molar-refractivity contribution is 7.22. The minimum atomic E-state index is -0.156. The van der Waals surface area contributed by atoms with Gasteiger partial charge in [0.15, 0.2) is 5.13 Å². The molecule has 6 heteroatoms. The number of amides is 1. The molecule has 1 amide bonds. The summed E-state index contributed by atoms with van der Waals surface area (Å²) in [6, 6.07) is 21.6. The number of carbonyl (C=O) groups is 1. The van der Waals surface area contributed by atoms with Crippen molar-refractivity contribution < 1.29 is 9.53 Å². The van der Waals surface area contributed by atoms with Crippen LogP contribution in [-0.4, -0.2) is 29.0 Å². The van der Waals surface area contributed by atoms with Crippen LogP contribution in [0, 0.1) is 0 Å². The molecule has 29 heavy (non-hydrogen) atoms. The first-order chi connectivity index (χ1) is 14.3. The Kier molecular flexibility index (Phi) is 5.81. The van der Waals surface area contributed by atoms with Gasteiger partial charge in [0.1, 0.15) is 5.56 Å². The topological polar surface area (TPSA) is 55.3 Å². The van der Waals surface area contributed by atoms with E-state index in [-0.39, 0.29) is 5.91 Å². The van der Waals surface area contributed by atoms with Gasteiger partial charge in [-0.3, -0.25) is 9.69 Å². The highest BCUT2D eigenvalue weighted by Crippen LogP contribution is 2.30. The van der Waals surface area contributed by atoms with Gasteiger partial charge in [-0.1, -0.05) is 53.8 Å². The lowest BCUT2D eigenvalue weighted by molar-refractivity contribution is 0.0982. The molecule has 0 aliphatic carbocycles. The van der Waals surface area contributed by atoms with Crippen molar-refractivity contribution in [3.8, 4) is 5.88 Å². The van der Waals surface area contributed by atoms with Crippen LogP contribution >= 0.6 is 11.3 Å². The molecule has 146 valence electrons. The number of aromatic nitrogens is 2. The zero-order valence-corrected chi connectivity index (χ0v) is 16.9. The van der Waals surface area contributed by atoms with Crippen LogP contribution in [0.4, 0.5) is 5.13 Å². The molecule has 4 aromatic rings. The van der Waals surface area contributed by atoms with Crippen molar-refractivity contribution in [2.75, 3.05) is 18.1 Å². The second-order valence-corrected chi connectivity index (χ2v) is 7.45. The first kappa shape index (κ1) is 19.1. The summed E-state index contributed by atoms with van der Waals surface area (Å²) in [4.78, 5) is 24.2. The predicted octanol–water partition coefficient (Wildman–Crippen LogP) is 4.98. The van der Waals surface area contributed by atoms with Crippen LogP contribution in [-0.2, 0) is 6.42 Å². The summed E-state index contributed by atoms with van der Waals surface area (Å²) < 4.78 is 6.64. The zero-order valence-electron chi connectivity index (χ0n) is 16.1. The molecule has 0 aliphatic rings. The van der Waals surface area contributed by atoms with Crippen molar-refractivity contribution >= 4 is 32.6 Å². The van der Waals surface area contributed by atoms with Gasteiger partial charge >= 0.3 is 0 Å². The maximum atomic E-state index is 13.5. The smallest absolute Gasteiger partial charge is 0.265 e. The molecule has 0 spiro atoms. The third-order valence-corrected chi connectivity index (χ3v) is 5.57. The molecule has 2 heterocycles. The molecule has 0 bridgehead atoms. The lowest BCUT2D eigenvalue weighted by Crippen LogP contribution is -2.33. The number of benzene rings is 2. The number of anilines is 1. The summed E-state index contributed by atoms with van der Waals surface area (Å²) in [7, 11) is 0. The molecule has 0 aliphatic heterocycles. The van der Waals surface area contributed by atoms with Crippen LogP contribution in [0.1, 0.15) is 22.8 Å². The molecule has 0 fully saturated rings. The monoisotopic (exact) mass is 403 g/mol. The van der Waals surface area contributed by atoms with E-state index in [1.54, 1.807) is 23.2 Å². The number of rotatable bonds is 7. The van der Waals surface area contributed by atoms with E-state index >= 15 is 0 Å². The van der Waals surface area contributed by atoms with E-state index in [0.29, 0.717) is 29.7 Å². The summed E-state index contributed by atoms with van der Waals surface area (Å²) in [5.41, 5.74) is 2.51. The summed E-state index contributed by atoms with van der Waals surface area (Å²) >= 11 is 1.52. The zero-order chi connectivity index (χ0) is 20.1. The fraction of sp³-hybridized carbons (Fsp3) is 0.174. The van der Waals surface area contributed by atoms with Gasteiger partial charge in [0.05, 0.1) is 16.8 Å². The molecule has 0 atom stereocenters. The molecule has 0 saturated carbocycles. The van der Waals surface area contributed by atoms with E-state index in [4.69, 9.17) is 9.72 Å². The van der Waals surface area contributed by atoms with E-state index < -0.39 is 0 Å². The van der Waals surface area contributed by atoms with Crippen molar-refractivity contribution in [1.29, 1.82) is 0 Å². The van der Waals surface area contributed by atoms with Crippen molar-refractivity contribution in [1.82, 2.24) is 9.97 Å². The maximum Gasteiger partial charge on any atom is 0.265 e. The molecule has 0 radical (unpaired) electrons. The van der Waals surface area contributed by atoms with Gasteiger partial charge in [-0.05, 0) is 43.2 Å². The minimum Gasteiger partial charge on any atom is -0.477 e. The summed E-state index contributed by atoms with van der Waals surface area (Å²) in [5.74, 6) is 0.197. The van der Waals surface area contributed by atoms with Gasteiger partial charge in [-0.15, -0.1) is 0 Å². The van der Waals surface area contributed by atoms with Gasteiger partial charge in [0.25, 0.3) is 5.91 Å². The van der Waals surface area contributed by atoms with Crippen LogP contribution < -0.4 is 9.64 Å². The lowest BCUT2D eigenvalue weighted by Gasteiger charge is -2.21. The Morgan fingerprint density at radius 3 is 2.62 bits per heavy atom. The van der Waals surface area contributed by atoms with Crippen LogP contribution in [0.2, 0.25) is 0 Å². The Labute approximate surface area is 173 Å². The van der Waals surface area contributed by atoms with Crippen LogP contribution in [0.5, 0.6) is 5.88 Å². The van der Waals surface area contributed by atoms with Gasteiger partial charge in [0.2, 0.25) is 5.88 Å². The number of thiazole rings is 1. The second-order valence-electron chi connectivity index (χ2n) is 6.45. The van der Waals surface area contributed by atoms with Crippen LogP contribution in [0.3, 0.4) is 0 Å². The molecular weight excluding hydrogens is 382 g/mol. The van der Waals surface area contributed by atoms with Crippen molar-refractivity contribution in [2.24, 2.45) is 0 Å². The van der Waals surface area contributed by atoms with E-state index in [1.165, 1.54) is 16.9 Å². The molecule has 2 aromatic heterocycles. The molecule has 0 unspecified atom stereocenters. The molecule has 0 saturated heterocycles. The number of para-hydroxylation sites is 1. The Hall–Kier alpha value is -3.25. The Morgan fingerprint density at radius 1 is 1.03 bits per heavy atom. The van der Waals surface area contributed by atoms with E-state index in [9.17, 15) is 4.79 Å². The summed E-state index contributed by atoms with van der Waals surface area (Å²) in [6.45, 7) is 2.84. The van der Waals surface area contributed by atoms with Crippen molar-refractivity contribution in [3.05, 3.63) is 84.1 Å². The van der Waals surface area contributed by atoms with Crippen molar-refractivity contribution in [2.45, 2.75) is 13.3 Å². The average molecular weight is 404 g/mol. The number of hydrogen-bond acceptors (Lipinski definition) is 5. The number of nitrogens with zero attached hydrogens (tertiary/aromatic N) is 3. The third kappa shape index (κ3) is 4.27. The fourth-order valence-corrected chi connectivity index (χ4v) is 4.09. The van der Waals surface area contributed by atoms with Crippen LogP contribution in [0.25, 0.3) is 10.2 Å². The average Bonchev–Trinajstić information content (AvgIpc) is 3.19. The number of pyridine rings is 1. The number of fused-ring (bicyclic) bond motifs is 1. The van der Waals surface area contributed by atoms with Gasteiger partial charge < -0.3 is 4.74 Å². The maximum absolute atomic E-state index is 13.5. The van der Waals surface area contributed by atoms with Gasteiger partial charge in [0, 0.05) is 12.7 Å². The SMILES string of the molecule is CCOc1ncccc1C(=O)N(CCc1ccccc1)c1nc2ccccc2s1. The molecule has 2 aromatic carbocycles. The van der Waals surface area contributed by atoms with E-state index in [0.717, 1.165) is 16.6 Å². The predicted molar refractivity (Wildman–Crippen MR) is 117 cm³/mol. The Balaban J connectivity index is 1.70. The van der Waals surface area contributed by atoms with Crippen LogP contribution in [0.15, 0.2) is 72.9 Å². The second kappa shape index (κ2) is 8.84. The Morgan fingerprint density at radius 2 is 1.83 bits per heavy atom. The molecule has 5 nitrogen and oxygen atoms in total.